The van der Waals surface area contributed by atoms with Crippen molar-refractivity contribution in [3.63, 3.8) is 0 Å². The van der Waals surface area contributed by atoms with E-state index in [2.05, 4.69) is 0 Å². The van der Waals surface area contributed by atoms with Gasteiger partial charge in [-0.2, -0.15) is 17.5 Å². The maximum Gasteiger partial charge on any atom is 0.511 e. The van der Waals surface area contributed by atoms with E-state index in [0.717, 1.165) is 0 Å². The van der Waals surface area contributed by atoms with E-state index in [1.54, 1.807) is 0 Å². The van der Waals surface area contributed by atoms with Crippen molar-refractivity contribution < 1.29 is 31.5 Å². The predicted octanol–water partition coefficient (Wildman–Crippen LogP) is 1.17. The van der Waals surface area contributed by atoms with Crippen molar-refractivity contribution in [2.24, 2.45) is 0 Å². The van der Waals surface area contributed by atoms with Crippen molar-refractivity contribution in [1.29, 1.82) is 0 Å². The number of alkyl halides is 3. The quantitative estimate of drug-likeness (QED) is 0.820. The highest BCUT2D eigenvalue weighted by molar-refractivity contribution is 7.90. The van der Waals surface area contributed by atoms with Crippen LogP contribution in [0.2, 0.25) is 0 Å². The molecule has 1 fully saturated rings. The summed E-state index contributed by atoms with van der Waals surface area (Å²) >= 11 is 0. The molecule has 1 aliphatic heterocycles. The molecule has 17 heavy (non-hydrogen) atoms. The number of carbonyl (C=O) groups is 1. The molecule has 0 aromatic rings. The standard InChI is InChI=1S/C8H12F3NO4S/c9-8(10,11)17(15,16)12-5-3-1-2-4-6(12)7(13)14/h6H,1-5H2,(H,13,14). The lowest BCUT2D eigenvalue weighted by Crippen LogP contribution is -2.49. The van der Waals surface area contributed by atoms with Crippen LogP contribution in [0.25, 0.3) is 0 Å². The topological polar surface area (TPSA) is 74.7 Å². The first-order valence-corrected chi connectivity index (χ1v) is 6.43. The van der Waals surface area contributed by atoms with Crippen LogP contribution in [0.15, 0.2) is 0 Å². The molecule has 0 spiro atoms. The molecule has 0 saturated carbocycles. The smallest absolute Gasteiger partial charge is 0.480 e. The zero-order valence-electron chi connectivity index (χ0n) is 8.77. The molecule has 1 aliphatic rings. The molecule has 1 saturated heterocycles. The fourth-order valence-corrected chi connectivity index (χ4v) is 2.92. The molecule has 1 unspecified atom stereocenters. The molecular weight excluding hydrogens is 263 g/mol. The second-order valence-electron chi connectivity index (χ2n) is 3.76. The van der Waals surface area contributed by atoms with Crippen LogP contribution in [-0.2, 0) is 14.8 Å². The highest BCUT2D eigenvalue weighted by atomic mass is 32.2. The Morgan fingerprint density at radius 3 is 2.29 bits per heavy atom. The van der Waals surface area contributed by atoms with Gasteiger partial charge in [-0.1, -0.05) is 12.8 Å². The molecule has 1 heterocycles. The van der Waals surface area contributed by atoms with Gasteiger partial charge in [0.2, 0.25) is 0 Å². The lowest BCUT2D eigenvalue weighted by atomic mass is 10.1. The van der Waals surface area contributed by atoms with Gasteiger partial charge in [-0.15, -0.1) is 0 Å². The number of aliphatic carboxylic acids is 1. The molecule has 0 aromatic carbocycles. The molecular formula is C8H12F3NO4S. The van der Waals surface area contributed by atoms with E-state index in [0.29, 0.717) is 12.8 Å². The summed E-state index contributed by atoms with van der Waals surface area (Å²) in [6.45, 7) is -0.404. The molecule has 9 heteroatoms. The van der Waals surface area contributed by atoms with Crippen LogP contribution in [0, 0.1) is 0 Å². The van der Waals surface area contributed by atoms with Crippen LogP contribution in [0.1, 0.15) is 25.7 Å². The zero-order valence-corrected chi connectivity index (χ0v) is 9.59. The molecule has 0 bridgehead atoms. The van der Waals surface area contributed by atoms with Gasteiger partial charge >= 0.3 is 21.5 Å². The third-order valence-corrected chi connectivity index (χ3v) is 4.23. The van der Waals surface area contributed by atoms with Gasteiger partial charge in [-0.05, 0) is 12.8 Å². The number of halogens is 3. The number of nitrogens with zero attached hydrogens (tertiary/aromatic N) is 1. The van der Waals surface area contributed by atoms with Crippen LogP contribution in [0.5, 0.6) is 0 Å². The first kappa shape index (κ1) is 14.2. The molecule has 100 valence electrons. The molecule has 0 radical (unpaired) electrons. The molecule has 1 atom stereocenters. The summed E-state index contributed by atoms with van der Waals surface area (Å²) in [5, 5.41) is 8.79. The molecule has 0 amide bonds. The van der Waals surface area contributed by atoms with E-state index in [1.165, 1.54) is 0 Å². The van der Waals surface area contributed by atoms with E-state index in [9.17, 15) is 26.4 Å². The molecule has 1 N–H and O–H groups in total. The van der Waals surface area contributed by atoms with E-state index in [1.807, 2.05) is 0 Å². The number of carboxylic acid groups (broad SMARTS) is 1. The predicted molar refractivity (Wildman–Crippen MR) is 51.6 cm³/mol. The number of carboxylic acids is 1. The maximum absolute atomic E-state index is 12.4. The van der Waals surface area contributed by atoms with E-state index in [4.69, 9.17) is 5.11 Å². The Balaban J connectivity index is 3.10. The summed E-state index contributed by atoms with van der Waals surface area (Å²) in [6.07, 6.45) is 1.07. The van der Waals surface area contributed by atoms with Gasteiger partial charge in [0.15, 0.2) is 0 Å². The first-order valence-electron chi connectivity index (χ1n) is 4.99. The minimum Gasteiger partial charge on any atom is -0.480 e. The van der Waals surface area contributed by atoms with Gasteiger partial charge in [0, 0.05) is 6.54 Å². The van der Waals surface area contributed by atoms with Crippen LogP contribution < -0.4 is 0 Å². The Hall–Kier alpha value is -0.830. The number of sulfonamides is 1. The van der Waals surface area contributed by atoms with Gasteiger partial charge in [0.25, 0.3) is 0 Å². The largest absolute Gasteiger partial charge is 0.511 e. The van der Waals surface area contributed by atoms with Crippen molar-refractivity contribution in [2.45, 2.75) is 37.2 Å². The average Bonchev–Trinajstić information content (AvgIpc) is 2.40. The van der Waals surface area contributed by atoms with Crippen LogP contribution >= 0.6 is 0 Å². The molecule has 0 aromatic heterocycles. The zero-order chi connectivity index (χ0) is 13.3. The summed E-state index contributed by atoms with van der Waals surface area (Å²) in [5.74, 6) is -1.54. The monoisotopic (exact) mass is 275 g/mol. The third-order valence-electron chi connectivity index (χ3n) is 2.59. The number of hydrogen-bond acceptors (Lipinski definition) is 3. The fraction of sp³-hybridized carbons (Fsp3) is 0.875. The van der Waals surface area contributed by atoms with E-state index < -0.39 is 34.1 Å². The van der Waals surface area contributed by atoms with Gasteiger partial charge in [-0.25, -0.2) is 8.42 Å². The molecule has 5 nitrogen and oxygen atoms in total. The Kier molecular flexibility index (Phi) is 4.03. The highest BCUT2D eigenvalue weighted by Gasteiger charge is 2.53. The van der Waals surface area contributed by atoms with Gasteiger partial charge < -0.3 is 5.11 Å². The van der Waals surface area contributed by atoms with Crippen LogP contribution in [0.4, 0.5) is 13.2 Å². The van der Waals surface area contributed by atoms with E-state index in [-0.39, 0.29) is 17.1 Å². The summed E-state index contributed by atoms with van der Waals surface area (Å²) in [5.41, 5.74) is -5.45. The van der Waals surface area contributed by atoms with Gasteiger partial charge in [0.1, 0.15) is 6.04 Å². The maximum atomic E-state index is 12.4. The fourth-order valence-electron chi connectivity index (χ4n) is 1.75. The van der Waals surface area contributed by atoms with Gasteiger partial charge in [-0.3, -0.25) is 4.79 Å². The van der Waals surface area contributed by atoms with Crippen molar-refractivity contribution in [3.8, 4) is 0 Å². The summed E-state index contributed by atoms with van der Waals surface area (Å²) in [7, 11) is -5.56. The Morgan fingerprint density at radius 1 is 1.24 bits per heavy atom. The normalized spacial score (nSPS) is 24.3. The van der Waals surface area contributed by atoms with Crippen molar-refractivity contribution >= 4 is 16.0 Å². The SMILES string of the molecule is O=C(O)C1CCCCCN1S(=O)(=O)C(F)(F)F. The number of rotatable bonds is 2. The first-order chi connectivity index (χ1) is 7.68. The third kappa shape index (κ3) is 2.89. The number of hydrogen-bond donors (Lipinski definition) is 1. The highest BCUT2D eigenvalue weighted by Crippen LogP contribution is 2.31. The van der Waals surface area contributed by atoms with Crippen molar-refractivity contribution in [2.75, 3.05) is 6.54 Å². The van der Waals surface area contributed by atoms with Crippen molar-refractivity contribution in [3.05, 3.63) is 0 Å². The molecule has 1 rings (SSSR count). The Morgan fingerprint density at radius 2 is 1.82 bits per heavy atom. The summed E-state index contributed by atoms with van der Waals surface area (Å²) < 4.78 is 59.6. The Labute approximate surface area is 96.3 Å². The van der Waals surface area contributed by atoms with Crippen LogP contribution in [0.3, 0.4) is 0 Å². The summed E-state index contributed by atoms with van der Waals surface area (Å²) in [6, 6.07) is -1.62. The lowest BCUT2D eigenvalue weighted by Gasteiger charge is -2.26. The second kappa shape index (κ2) is 4.81. The lowest BCUT2D eigenvalue weighted by molar-refractivity contribution is -0.141. The minimum atomic E-state index is -5.56. The molecule has 0 aliphatic carbocycles. The minimum absolute atomic E-state index is 0.0579. The summed E-state index contributed by atoms with van der Waals surface area (Å²) in [4.78, 5) is 10.8. The Bertz CT molecular complexity index is 392. The average molecular weight is 275 g/mol. The van der Waals surface area contributed by atoms with Crippen molar-refractivity contribution in [1.82, 2.24) is 4.31 Å². The second-order valence-corrected chi connectivity index (χ2v) is 5.65. The van der Waals surface area contributed by atoms with E-state index >= 15 is 0 Å². The van der Waals surface area contributed by atoms with Gasteiger partial charge in [0.05, 0.1) is 0 Å². The van der Waals surface area contributed by atoms with Crippen LogP contribution in [-0.4, -0.2) is 41.9 Å².